The van der Waals surface area contributed by atoms with E-state index in [1.54, 1.807) is 0 Å². The van der Waals surface area contributed by atoms with Crippen LogP contribution < -0.4 is 10.6 Å². The van der Waals surface area contributed by atoms with Gasteiger partial charge in [0.2, 0.25) is 0 Å². The maximum atomic E-state index is 11.0. The summed E-state index contributed by atoms with van der Waals surface area (Å²) in [6.07, 6.45) is 0.468. The molecule has 16 heavy (non-hydrogen) atoms. The highest BCUT2D eigenvalue weighted by atomic mass is 16.5. The van der Waals surface area contributed by atoms with Crippen molar-refractivity contribution in [1.29, 1.82) is 0 Å². The molecule has 5 heteroatoms. The van der Waals surface area contributed by atoms with Crippen LogP contribution in [0.1, 0.15) is 13.3 Å². The van der Waals surface area contributed by atoms with Crippen LogP contribution in [0.5, 0.6) is 0 Å². The van der Waals surface area contributed by atoms with E-state index in [9.17, 15) is 4.79 Å². The van der Waals surface area contributed by atoms with Crippen molar-refractivity contribution in [3.8, 4) is 0 Å². The lowest BCUT2D eigenvalue weighted by atomic mass is 10.3. The minimum atomic E-state index is -0.114. The van der Waals surface area contributed by atoms with Crippen molar-refractivity contribution in [2.75, 3.05) is 52.4 Å². The Balaban J connectivity index is 1.89. The summed E-state index contributed by atoms with van der Waals surface area (Å²) in [4.78, 5) is 13.5. The van der Waals surface area contributed by atoms with E-state index >= 15 is 0 Å². The molecule has 0 amide bonds. The first-order valence-electron chi connectivity index (χ1n) is 6.12. The molecule has 0 atom stereocenters. The molecule has 1 fully saturated rings. The Morgan fingerprint density at radius 1 is 1.38 bits per heavy atom. The van der Waals surface area contributed by atoms with Crippen molar-refractivity contribution in [2.45, 2.75) is 13.3 Å². The number of ether oxygens (including phenoxy) is 1. The first-order valence-corrected chi connectivity index (χ1v) is 6.12. The average molecular weight is 229 g/mol. The molecule has 0 aromatic heterocycles. The van der Waals surface area contributed by atoms with Crippen molar-refractivity contribution in [2.24, 2.45) is 0 Å². The highest BCUT2D eigenvalue weighted by molar-refractivity contribution is 5.69. The number of carbonyl (C=O) groups is 1. The van der Waals surface area contributed by atoms with Crippen LogP contribution in [0.15, 0.2) is 0 Å². The van der Waals surface area contributed by atoms with E-state index < -0.39 is 0 Å². The van der Waals surface area contributed by atoms with Gasteiger partial charge in [-0.25, -0.2) is 0 Å². The third kappa shape index (κ3) is 6.05. The van der Waals surface area contributed by atoms with Crippen LogP contribution in [-0.2, 0) is 9.53 Å². The zero-order valence-corrected chi connectivity index (χ0v) is 10.1. The second-order valence-electron chi connectivity index (χ2n) is 3.90. The van der Waals surface area contributed by atoms with Gasteiger partial charge in [-0.05, 0) is 6.92 Å². The monoisotopic (exact) mass is 229 g/mol. The minimum Gasteiger partial charge on any atom is -0.466 e. The highest BCUT2D eigenvalue weighted by Crippen LogP contribution is 1.90. The fourth-order valence-corrected chi connectivity index (χ4v) is 1.72. The van der Waals surface area contributed by atoms with Crippen LogP contribution in [0.4, 0.5) is 0 Å². The van der Waals surface area contributed by atoms with E-state index in [0.29, 0.717) is 19.6 Å². The van der Waals surface area contributed by atoms with Gasteiger partial charge in [0.1, 0.15) is 0 Å². The van der Waals surface area contributed by atoms with Crippen LogP contribution >= 0.6 is 0 Å². The van der Waals surface area contributed by atoms with Crippen molar-refractivity contribution in [3.05, 3.63) is 0 Å². The molecular weight excluding hydrogens is 206 g/mol. The van der Waals surface area contributed by atoms with E-state index in [1.807, 2.05) is 6.92 Å². The molecule has 0 radical (unpaired) electrons. The minimum absolute atomic E-state index is 0.114. The molecular formula is C11H23N3O2. The second-order valence-corrected chi connectivity index (χ2v) is 3.90. The predicted molar refractivity (Wildman–Crippen MR) is 63.4 cm³/mol. The summed E-state index contributed by atoms with van der Waals surface area (Å²) >= 11 is 0. The highest BCUT2D eigenvalue weighted by Gasteiger charge is 2.08. The molecule has 0 bridgehead atoms. The van der Waals surface area contributed by atoms with Gasteiger partial charge in [-0.1, -0.05) is 0 Å². The summed E-state index contributed by atoms with van der Waals surface area (Å²) in [7, 11) is 0. The number of nitrogens with zero attached hydrogens (tertiary/aromatic N) is 1. The third-order valence-corrected chi connectivity index (χ3v) is 2.63. The van der Waals surface area contributed by atoms with Crippen LogP contribution in [0.2, 0.25) is 0 Å². The van der Waals surface area contributed by atoms with Gasteiger partial charge < -0.3 is 15.4 Å². The molecule has 1 rings (SSSR count). The normalized spacial score (nSPS) is 17.3. The number of rotatable bonds is 7. The van der Waals surface area contributed by atoms with E-state index in [4.69, 9.17) is 4.74 Å². The molecule has 0 saturated carbocycles. The molecule has 0 aromatic rings. The predicted octanol–water partition coefficient (Wildman–Crippen LogP) is -0.566. The van der Waals surface area contributed by atoms with Crippen molar-refractivity contribution in [3.63, 3.8) is 0 Å². The van der Waals surface area contributed by atoms with Crippen LogP contribution in [0.25, 0.3) is 0 Å². The van der Waals surface area contributed by atoms with Gasteiger partial charge in [-0.3, -0.25) is 9.69 Å². The number of hydrogen-bond donors (Lipinski definition) is 2. The molecule has 1 saturated heterocycles. The fourth-order valence-electron chi connectivity index (χ4n) is 1.72. The third-order valence-electron chi connectivity index (χ3n) is 2.63. The zero-order chi connectivity index (χ0) is 11.6. The van der Waals surface area contributed by atoms with E-state index in [-0.39, 0.29) is 5.97 Å². The summed E-state index contributed by atoms with van der Waals surface area (Å²) in [5.74, 6) is -0.114. The van der Waals surface area contributed by atoms with Crippen molar-refractivity contribution in [1.82, 2.24) is 15.5 Å². The van der Waals surface area contributed by atoms with Gasteiger partial charge in [0, 0.05) is 45.8 Å². The lowest BCUT2D eigenvalue weighted by molar-refractivity contribution is -0.142. The number of carbonyl (C=O) groups excluding carboxylic acids is 1. The van der Waals surface area contributed by atoms with E-state index in [1.165, 1.54) is 0 Å². The number of nitrogens with one attached hydrogen (secondary N) is 2. The summed E-state index contributed by atoms with van der Waals surface area (Å²) in [6.45, 7) is 9.44. The molecule has 5 nitrogen and oxygen atoms in total. The van der Waals surface area contributed by atoms with E-state index in [2.05, 4.69) is 15.5 Å². The molecule has 2 N–H and O–H groups in total. The average Bonchev–Trinajstić information content (AvgIpc) is 2.30. The van der Waals surface area contributed by atoms with Gasteiger partial charge >= 0.3 is 5.97 Å². The van der Waals surface area contributed by atoms with Crippen LogP contribution in [0.3, 0.4) is 0 Å². The first kappa shape index (κ1) is 13.4. The smallest absolute Gasteiger partial charge is 0.307 e. The lowest BCUT2D eigenvalue weighted by Gasteiger charge is -2.27. The Morgan fingerprint density at radius 2 is 2.12 bits per heavy atom. The summed E-state index contributed by atoms with van der Waals surface area (Å²) in [5, 5.41) is 6.58. The Labute approximate surface area is 97.5 Å². The standard InChI is InChI=1S/C11H23N3O2/c1-2-16-11(15)3-4-12-5-8-14-9-6-13-7-10-14/h12-13H,2-10H2,1H3. The maximum Gasteiger partial charge on any atom is 0.307 e. The van der Waals surface area contributed by atoms with Crippen molar-refractivity contribution < 1.29 is 9.53 Å². The van der Waals surface area contributed by atoms with Gasteiger partial charge in [0.05, 0.1) is 13.0 Å². The van der Waals surface area contributed by atoms with Gasteiger partial charge in [-0.15, -0.1) is 0 Å². The Morgan fingerprint density at radius 3 is 2.81 bits per heavy atom. The molecule has 0 aromatic carbocycles. The Kier molecular flexibility index (Phi) is 7.12. The Hall–Kier alpha value is -0.650. The van der Waals surface area contributed by atoms with Gasteiger partial charge in [0.25, 0.3) is 0 Å². The summed E-state index contributed by atoms with van der Waals surface area (Å²) < 4.78 is 4.84. The number of piperazine rings is 1. The lowest BCUT2D eigenvalue weighted by Crippen LogP contribution is -2.45. The van der Waals surface area contributed by atoms with Gasteiger partial charge in [0.15, 0.2) is 0 Å². The first-order chi connectivity index (χ1) is 7.83. The Bertz CT molecular complexity index is 194. The molecule has 0 aliphatic carbocycles. The fraction of sp³-hybridized carbons (Fsp3) is 0.909. The molecule has 1 aliphatic heterocycles. The second kappa shape index (κ2) is 8.50. The molecule has 1 aliphatic rings. The molecule has 0 unspecified atom stereocenters. The van der Waals surface area contributed by atoms with Crippen LogP contribution in [0, 0.1) is 0 Å². The maximum absolute atomic E-state index is 11.0. The van der Waals surface area contributed by atoms with E-state index in [0.717, 1.165) is 39.3 Å². The van der Waals surface area contributed by atoms with Gasteiger partial charge in [-0.2, -0.15) is 0 Å². The van der Waals surface area contributed by atoms with Crippen LogP contribution in [-0.4, -0.2) is 63.3 Å². The summed E-state index contributed by atoms with van der Waals surface area (Å²) in [6, 6.07) is 0. The number of hydrogen-bond acceptors (Lipinski definition) is 5. The molecule has 0 spiro atoms. The largest absolute Gasteiger partial charge is 0.466 e. The quantitative estimate of drug-likeness (QED) is 0.452. The number of esters is 1. The molecule has 94 valence electrons. The molecule has 1 heterocycles. The zero-order valence-electron chi connectivity index (χ0n) is 10.1. The topological polar surface area (TPSA) is 53.6 Å². The summed E-state index contributed by atoms with van der Waals surface area (Å²) in [5.41, 5.74) is 0. The SMILES string of the molecule is CCOC(=O)CCNCCN1CCNCC1. The van der Waals surface area contributed by atoms with Crippen molar-refractivity contribution >= 4 is 5.97 Å².